The van der Waals surface area contributed by atoms with Gasteiger partial charge in [0.15, 0.2) is 6.10 Å². The molecular formula is C12H21N3O9. The van der Waals surface area contributed by atoms with Gasteiger partial charge in [0, 0.05) is 18.3 Å². The molecule has 5 atom stereocenters. The fourth-order valence-electron chi connectivity index (χ4n) is 1.39. The number of H-pyrrole nitrogens is 1. The fraction of sp³-hybridized carbons (Fsp3) is 0.583. The zero-order valence-electron chi connectivity index (χ0n) is 12.4. The number of imidazole rings is 1. The lowest BCUT2D eigenvalue weighted by Gasteiger charge is -2.23. The number of aromatic nitrogens is 2. The van der Waals surface area contributed by atoms with Gasteiger partial charge in [-0.25, -0.2) is 9.78 Å². The topological polar surface area (TPSA) is 230 Å². The van der Waals surface area contributed by atoms with Gasteiger partial charge in [-0.05, 0) is 0 Å². The van der Waals surface area contributed by atoms with E-state index in [0.717, 1.165) is 5.69 Å². The molecule has 0 saturated carbocycles. The minimum absolute atomic E-state index is 0.287. The highest BCUT2D eigenvalue weighted by Gasteiger charge is 2.33. The zero-order valence-corrected chi connectivity index (χ0v) is 12.4. The number of aliphatic carboxylic acids is 2. The van der Waals surface area contributed by atoms with E-state index in [1.165, 1.54) is 6.33 Å². The first-order valence-electron chi connectivity index (χ1n) is 6.63. The van der Waals surface area contributed by atoms with E-state index in [1.54, 1.807) is 6.20 Å². The average Bonchev–Trinajstić information content (AvgIpc) is 3.05. The number of nitrogens with zero attached hydrogens (tertiary/aromatic N) is 1. The van der Waals surface area contributed by atoms with Crippen LogP contribution >= 0.6 is 0 Å². The van der Waals surface area contributed by atoms with Gasteiger partial charge in [0.1, 0.15) is 24.4 Å². The molecule has 1 aromatic heterocycles. The summed E-state index contributed by atoms with van der Waals surface area (Å²) in [6.07, 6.45) is -4.50. The van der Waals surface area contributed by atoms with E-state index in [9.17, 15) is 9.59 Å². The largest absolute Gasteiger partial charge is 0.480 e. The summed E-state index contributed by atoms with van der Waals surface area (Å²) in [5, 5.41) is 60.2. The molecule has 1 heterocycles. The molecule has 0 amide bonds. The normalized spacial score (nSPS) is 16.9. The van der Waals surface area contributed by atoms with Crippen molar-refractivity contribution in [2.24, 2.45) is 5.73 Å². The highest BCUT2D eigenvalue weighted by molar-refractivity contribution is 5.73. The van der Waals surface area contributed by atoms with Crippen LogP contribution in [0.3, 0.4) is 0 Å². The molecule has 138 valence electrons. The fourth-order valence-corrected chi connectivity index (χ4v) is 1.39. The standard InChI is InChI=1S/C6H9N3O2.C6H12O7/c7-5(6(10)11)1-4-2-8-3-9-4;7-1-2(8)3(9)4(10)5(11)6(12)13/h2-3,5H,1,7H2,(H,8,9)(H,10,11);2-5,7-11H,1H2,(H,12,13). The number of hydrogen-bond donors (Lipinski definition) is 9. The van der Waals surface area contributed by atoms with Crippen molar-refractivity contribution in [3.63, 3.8) is 0 Å². The summed E-state index contributed by atoms with van der Waals surface area (Å²) in [6, 6.07) is -0.851. The highest BCUT2D eigenvalue weighted by atomic mass is 16.4. The predicted octanol–water partition coefficient (Wildman–Crippen LogP) is -4.13. The van der Waals surface area contributed by atoms with E-state index >= 15 is 0 Å². The minimum Gasteiger partial charge on any atom is -0.480 e. The Morgan fingerprint density at radius 1 is 1.12 bits per heavy atom. The van der Waals surface area contributed by atoms with Crippen LogP contribution in [0, 0.1) is 0 Å². The smallest absolute Gasteiger partial charge is 0.335 e. The maximum absolute atomic E-state index is 10.3. The third-order valence-electron chi connectivity index (χ3n) is 2.82. The maximum atomic E-state index is 10.3. The van der Waals surface area contributed by atoms with Crippen molar-refractivity contribution >= 4 is 11.9 Å². The van der Waals surface area contributed by atoms with Gasteiger partial charge in [0.05, 0.1) is 12.9 Å². The molecule has 24 heavy (non-hydrogen) atoms. The second-order valence-electron chi connectivity index (χ2n) is 4.74. The number of hydrogen-bond acceptors (Lipinski definition) is 9. The molecule has 12 heteroatoms. The van der Waals surface area contributed by atoms with E-state index in [2.05, 4.69) is 9.97 Å². The van der Waals surface area contributed by atoms with Crippen LogP contribution in [0.2, 0.25) is 0 Å². The Hall–Kier alpha value is -2.09. The van der Waals surface area contributed by atoms with Crippen LogP contribution in [-0.4, -0.2) is 94.7 Å². The number of carboxylic acids is 2. The number of nitrogens with one attached hydrogen (secondary N) is 1. The Balaban J connectivity index is 0.000000446. The van der Waals surface area contributed by atoms with E-state index in [0.29, 0.717) is 0 Å². The van der Waals surface area contributed by atoms with E-state index in [1.807, 2.05) is 0 Å². The van der Waals surface area contributed by atoms with Gasteiger partial charge in [-0.2, -0.15) is 0 Å². The molecule has 0 bridgehead atoms. The first-order valence-corrected chi connectivity index (χ1v) is 6.63. The van der Waals surface area contributed by atoms with E-state index in [-0.39, 0.29) is 6.42 Å². The predicted molar refractivity (Wildman–Crippen MR) is 76.7 cm³/mol. The number of nitrogens with two attached hydrogens (primary N) is 1. The summed E-state index contributed by atoms with van der Waals surface area (Å²) in [5.41, 5.74) is 6.00. The molecule has 0 aromatic carbocycles. The molecule has 1 aromatic rings. The Labute approximate surface area is 135 Å². The molecule has 0 aliphatic carbocycles. The van der Waals surface area contributed by atoms with Crippen LogP contribution in [0.15, 0.2) is 12.5 Å². The average molecular weight is 351 g/mol. The monoisotopic (exact) mass is 351 g/mol. The first kappa shape index (κ1) is 21.9. The van der Waals surface area contributed by atoms with Crippen LogP contribution in [0.4, 0.5) is 0 Å². The van der Waals surface area contributed by atoms with Gasteiger partial charge < -0.3 is 46.5 Å². The van der Waals surface area contributed by atoms with E-state index < -0.39 is 49.0 Å². The molecule has 0 saturated heterocycles. The third kappa shape index (κ3) is 7.45. The lowest BCUT2D eigenvalue weighted by atomic mass is 10.0. The molecule has 12 nitrogen and oxygen atoms in total. The van der Waals surface area contributed by atoms with Crippen molar-refractivity contribution in [2.45, 2.75) is 36.9 Å². The quantitative estimate of drug-likeness (QED) is 0.218. The van der Waals surface area contributed by atoms with Crippen LogP contribution in [0.25, 0.3) is 0 Å². The second-order valence-corrected chi connectivity index (χ2v) is 4.74. The minimum atomic E-state index is -2.20. The summed E-state index contributed by atoms with van der Waals surface area (Å²) < 4.78 is 0. The molecule has 0 aliphatic rings. The lowest BCUT2D eigenvalue weighted by molar-refractivity contribution is -0.164. The summed E-state index contributed by atoms with van der Waals surface area (Å²) in [4.78, 5) is 26.9. The maximum Gasteiger partial charge on any atom is 0.335 e. The molecule has 0 aliphatic heterocycles. The van der Waals surface area contributed by atoms with Gasteiger partial charge in [-0.3, -0.25) is 4.79 Å². The van der Waals surface area contributed by atoms with Crippen LogP contribution in [-0.2, 0) is 16.0 Å². The number of aromatic amines is 1. The Kier molecular flexibility index (Phi) is 9.71. The second kappa shape index (κ2) is 10.6. The van der Waals surface area contributed by atoms with Crippen LogP contribution in [0.5, 0.6) is 0 Å². The summed E-state index contributed by atoms with van der Waals surface area (Å²) in [6.45, 7) is -0.843. The van der Waals surface area contributed by atoms with Gasteiger partial charge >= 0.3 is 11.9 Å². The van der Waals surface area contributed by atoms with Crippen molar-refractivity contribution in [2.75, 3.05) is 6.61 Å². The molecule has 0 fully saturated rings. The molecular weight excluding hydrogens is 330 g/mol. The van der Waals surface area contributed by atoms with Crippen molar-refractivity contribution in [1.82, 2.24) is 9.97 Å². The molecule has 0 radical (unpaired) electrons. The summed E-state index contributed by atoms with van der Waals surface area (Å²) >= 11 is 0. The van der Waals surface area contributed by atoms with Crippen LogP contribution in [0.1, 0.15) is 5.69 Å². The lowest BCUT2D eigenvalue weighted by Crippen LogP contribution is -2.48. The van der Waals surface area contributed by atoms with E-state index in [4.69, 9.17) is 41.5 Å². The Morgan fingerprint density at radius 2 is 1.71 bits per heavy atom. The number of aliphatic hydroxyl groups excluding tert-OH is 5. The van der Waals surface area contributed by atoms with Crippen molar-refractivity contribution < 1.29 is 45.3 Å². The van der Waals surface area contributed by atoms with Crippen molar-refractivity contribution in [3.05, 3.63) is 18.2 Å². The third-order valence-corrected chi connectivity index (χ3v) is 2.82. The van der Waals surface area contributed by atoms with Crippen molar-refractivity contribution in [1.29, 1.82) is 0 Å². The molecule has 10 N–H and O–H groups in total. The summed E-state index contributed by atoms with van der Waals surface area (Å²) in [7, 11) is 0. The van der Waals surface area contributed by atoms with Gasteiger partial charge in [-0.1, -0.05) is 0 Å². The summed E-state index contributed by atoms with van der Waals surface area (Å²) in [5.74, 6) is -2.73. The van der Waals surface area contributed by atoms with Gasteiger partial charge in [0.25, 0.3) is 0 Å². The molecule has 1 rings (SSSR count). The van der Waals surface area contributed by atoms with Crippen molar-refractivity contribution in [3.8, 4) is 0 Å². The van der Waals surface area contributed by atoms with Gasteiger partial charge in [0.2, 0.25) is 0 Å². The zero-order chi connectivity index (χ0) is 18.9. The first-order chi connectivity index (χ1) is 11.1. The molecule has 0 spiro atoms. The Morgan fingerprint density at radius 3 is 2.08 bits per heavy atom. The number of aliphatic hydroxyl groups is 5. The number of carbonyl (C=O) groups is 2. The number of rotatable bonds is 8. The highest BCUT2D eigenvalue weighted by Crippen LogP contribution is 2.04. The van der Waals surface area contributed by atoms with Gasteiger partial charge in [-0.15, -0.1) is 0 Å². The Bertz CT molecular complexity index is 496. The SMILES string of the molecule is NC(Cc1cnc[nH]1)C(=O)O.O=C(O)C(O)C(O)C(O)C(O)CO. The van der Waals surface area contributed by atoms with Crippen LogP contribution < -0.4 is 5.73 Å². The number of carboxylic acid groups (broad SMARTS) is 2. The molecule has 5 unspecified atom stereocenters.